The number of hydrogen-bond acceptors (Lipinski definition) is 1. The van der Waals surface area contributed by atoms with Crippen molar-refractivity contribution in [3.63, 3.8) is 0 Å². The van der Waals surface area contributed by atoms with Crippen LogP contribution in [0.1, 0.15) is 19.4 Å². The van der Waals surface area contributed by atoms with Gasteiger partial charge in [-0.2, -0.15) is 0 Å². The summed E-state index contributed by atoms with van der Waals surface area (Å²) in [6, 6.07) is 3.55. The highest BCUT2D eigenvalue weighted by molar-refractivity contribution is 7.80. The van der Waals surface area contributed by atoms with Crippen LogP contribution in [-0.4, -0.2) is 11.2 Å². The molecule has 16 heavy (non-hydrogen) atoms. The van der Waals surface area contributed by atoms with Crippen molar-refractivity contribution < 1.29 is 8.78 Å². The minimum atomic E-state index is -0.457. The molecule has 0 saturated carbocycles. The predicted octanol–water partition coefficient (Wildman–Crippen LogP) is 2.34. The standard InChI is InChI=1S/C11H14F2N2S/c1-7(2)15-11(16)14-6-8-5-9(12)3-4-10(8)13/h3-5,7H,6H2,1-2H3,(H2,14,15,16). The van der Waals surface area contributed by atoms with Crippen molar-refractivity contribution in [3.05, 3.63) is 35.4 Å². The van der Waals surface area contributed by atoms with Crippen molar-refractivity contribution in [3.8, 4) is 0 Å². The van der Waals surface area contributed by atoms with Crippen molar-refractivity contribution in [1.29, 1.82) is 0 Å². The van der Waals surface area contributed by atoms with Crippen LogP contribution in [-0.2, 0) is 6.54 Å². The highest BCUT2D eigenvalue weighted by Gasteiger charge is 2.04. The molecule has 1 aromatic carbocycles. The number of hydrogen-bond donors (Lipinski definition) is 2. The maximum Gasteiger partial charge on any atom is 0.166 e. The summed E-state index contributed by atoms with van der Waals surface area (Å²) in [5.74, 6) is -0.901. The number of benzene rings is 1. The van der Waals surface area contributed by atoms with E-state index in [2.05, 4.69) is 10.6 Å². The lowest BCUT2D eigenvalue weighted by Gasteiger charge is -2.13. The van der Waals surface area contributed by atoms with Gasteiger partial charge in [-0.25, -0.2) is 8.78 Å². The zero-order valence-electron chi connectivity index (χ0n) is 9.18. The smallest absolute Gasteiger partial charge is 0.166 e. The Morgan fingerprint density at radius 2 is 2.06 bits per heavy atom. The lowest BCUT2D eigenvalue weighted by atomic mass is 10.2. The fraction of sp³-hybridized carbons (Fsp3) is 0.364. The van der Waals surface area contributed by atoms with Gasteiger partial charge < -0.3 is 10.6 Å². The molecule has 1 rings (SSSR count). The van der Waals surface area contributed by atoms with Crippen molar-refractivity contribution >= 4 is 17.3 Å². The van der Waals surface area contributed by atoms with Gasteiger partial charge in [0.05, 0.1) is 0 Å². The fourth-order valence-electron chi connectivity index (χ4n) is 1.17. The number of rotatable bonds is 3. The molecular weight excluding hydrogens is 230 g/mol. The van der Waals surface area contributed by atoms with Gasteiger partial charge in [0.1, 0.15) is 11.6 Å². The minimum absolute atomic E-state index is 0.169. The van der Waals surface area contributed by atoms with E-state index in [-0.39, 0.29) is 18.2 Å². The third-order valence-corrected chi connectivity index (χ3v) is 2.13. The lowest BCUT2D eigenvalue weighted by molar-refractivity contribution is 0.581. The normalized spacial score (nSPS) is 10.3. The first-order chi connectivity index (χ1) is 7.49. The molecule has 0 amide bonds. The molecular formula is C11H14F2N2S. The second-order valence-corrected chi connectivity index (χ2v) is 4.13. The Labute approximate surface area is 99.0 Å². The van der Waals surface area contributed by atoms with Crippen molar-refractivity contribution in [2.75, 3.05) is 0 Å². The van der Waals surface area contributed by atoms with E-state index in [0.717, 1.165) is 18.2 Å². The summed E-state index contributed by atoms with van der Waals surface area (Å²) < 4.78 is 26.1. The number of halogens is 2. The first kappa shape index (κ1) is 12.8. The van der Waals surface area contributed by atoms with Gasteiger partial charge in [0.15, 0.2) is 5.11 Å². The van der Waals surface area contributed by atoms with Crippen LogP contribution in [0.15, 0.2) is 18.2 Å². The number of nitrogens with one attached hydrogen (secondary N) is 2. The molecule has 2 nitrogen and oxygen atoms in total. The summed E-state index contributed by atoms with van der Waals surface area (Å²) in [7, 11) is 0. The molecule has 5 heteroatoms. The van der Waals surface area contributed by atoms with Gasteiger partial charge in [-0.15, -0.1) is 0 Å². The molecule has 0 heterocycles. The summed E-state index contributed by atoms with van der Waals surface area (Å²) >= 11 is 4.97. The summed E-state index contributed by atoms with van der Waals surface area (Å²) in [5.41, 5.74) is 0.257. The molecule has 0 aliphatic heterocycles. The molecule has 0 aromatic heterocycles. The molecule has 1 aromatic rings. The molecule has 0 atom stereocenters. The van der Waals surface area contributed by atoms with Gasteiger partial charge >= 0.3 is 0 Å². The summed E-state index contributed by atoms with van der Waals surface area (Å²) in [6.45, 7) is 4.05. The zero-order chi connectivity index (χ0) is 12.1. The fourth-order valence-corrected chi connectivity index (χ4v) is 1.48. The third-order valence-electron chi connectivity index (χ3n) is 1.87. The Hall–Kier alpha value is -1.23. The lowest BCUT2D eigenvalue weighted by Crippen LogP contribution is -2.38. The summed E-state index contributed by atoms with van der Waals surface area (Å²) in [6.07, 6.45) is 0. The highest BCUT2D eigenvalue weighted by Crippen LogP contribution is 2.08. The average Bonchev–Trinajstić information content (AvgIpc) is 2.18. The monoisotopic (exact) mass is 244 g/mol. The quantitative estimate of drug-likeness (QED) is 0.798. The van der Waals surface area contributed by atoms with Crippen LogP contribution in [0.4, 0.5) is 8.78 Å². The molecule has 0 radical (unpaired) electrons. The molecule has 0 saturated heterocycles. The SMILES string of the molecule is CC(C)NC(=S)NCc1cc(F)ccc1F. The highest BCUT2D eigenvalue weighted by atomic mass is 32.1. The van der Waals surface area contributed by atoms with Crippen LogP contribution in [0.5, 0.6) is 0 Å². The number of thiocarbonyl (C=S) groups is 1. The third kappa shape index (κ3) is 4.10. The molecule has 2 N–H and O–H groups in total. The first-order valence-corrected chi connectivity index (χ1v) is 5.38. The summed E-state index contributed by atoms with van der Waals surface area (Å²) in [5, 5.41) is 6.19. The Morgan fingerprint density at radius 3 is 2.69 bits per heavy atom. The van der Waals surface area contributed by atoms with Crippen molar-refractivity contribution in [2.24, 2.45) is 0 Å². The molecule has 0 bridgehead atoms. The van der Waals surface area contributed by atoms with Crippen molar-refractivity contribution in [1.82, 2.24) is 10.6 Å². The first-order valence-electron chi connectivity index (χ1n) is 4.97. The average molecular weight is 244 g/mol. The molecule has 0 aliphatic carbocycles. The van der Waals surface area contributed by atoms with E-state index < -0.39 is 11.6 Å². The molecule has 88 valence electrons. The topological polar surface area (TPSA) is 24.1 Å². The van der Waals surface area contributed by atoms with Gasteiger partial charge in [0.25, 0.3) is 0 Å². The van der Waals surface area contributed by atoms with Gasteiger partial charge in [0, 0.05) is 18.2 Å². The van der Waals surface area contributed by atoms with Gasteiger partial charge in [-0.3, -0.25) is 0 Å². The second kappa shape index (κ2) is 5.75. The maximum absolute atomic E-state index is 13.2. The molecule has 0 fully saturated rings. The van der Waals surface area contributed by atoms with Crippen LogP contribution in [0, 0.1) is 11.6 Å². The van der Waals surface area contributed by atoms with Gasteiger partial charge in [-0.05, 0) is 44.3 Å². The van der Waals surface area contributed by atoms with E-state index in [1.54, 1.807) is 0 Å². The maximum atomic E-state index is 13.2. The van der Waals surface area contributed by atoms with Crippen LogP contribution in [0.25, 0.3) is 0 Å². The van der Waals surface area contributed by atoms with E-state index in [9.17, 15) is 8.78 Å². The predicted molar refractivity (Wildman–Crippen MR) is 64.1 cm³/mol. The van der Waals surface area contributed by atoms with Gasteiger partial charge in [0.2, 0.25) is 0 Å². The summed E-state index contributed by atoms with van der Waals surface area (Å²) in [4.78, 5) is 0. The zero-order valence-corrected chi connectivity index (χ0v) is 10.00. The largest absolute Gasteiger partial charge is 0.361 e. The van der Waals surface area contributed by atoms with Crippen LogP contribution < -0.4 is 10.6 Å². The van der Waals surface area contributed by atoms with Crippen LogP contribution in [0.3, 0.4) is 0 Å². The molecule has 0 aliphatic rings. The second-order valence-electron chi connectivity index (χ2n) is 3.72. The Balaban J connectivity index is 2.54. The van der Waals surface area contributed by atoms with E-state index >= 15 is 0 Å². The van der Waals surface area contributed by atoms with E-state index in [0.29, 0.717) is 5.11 Å². The van der Waals surface area contributed by atoms with Crippen LogP contribution >= 0.6 is 12.2 Å². The molecule has 0 unspecified atom stereocenters. The Kier molecular flexibility index (Phi) is 4.61. The van der Waals surface area contributed by atoms with E-state index in [4.69, 9.17) is 12.2 Å². The van der Waals surface area contributed by atoms with Crippen LogP contribution in [0.2, 0.25) is 0 Å². The van der Waals surface area contributed by atoms with Gasteiger partial charge in [-0.1, -0.05) is 0 Å². The van der Waals surface area contributed by atoms with Crippen molar-refractivity contribution in [2.45, 2.75) is 26.4 Å². The minimum Gasteiger partial charge on any atom is -0.361 e. The van der Waals surface area contributed by atoms with E-state index in [1.807, 2.05) is 13.8 Å². The Morgan fingerprint density at radius 1 is 1.38 bits per heavy atom. The Bertz CT molecular complexity index is 380. The molecule has 0 spiro atoms. The van der Waals surface area contributed by atoms with E-state index in [1.165, 1.54) is 0 Å².